The molecule has 2 aromatic rings. The summed E-state index contributed by atoms with van der Waals surface area (Å²) < 4.78 is 4.60. The highest BCUT2D eigenvalue weighted by atomic mass is 32.2. The van der Waals surface area contributed by atoms with Crippen molar-refractivity contribution in [3.8, 4) is 0 Å². The van der Waals surface area contributed by atoms with E-state index in [1.165, 1.54) is 18.9 Å². The van der Waals surface area contributed by atoms with Gasteiger partial charge in [-0.2, -0.15) is 0 Å². The molecule has 0 saturated carbocycles. The number of nitrogens with zero attached hydrogens (tertiary/aromatic N) is 2. The second-order valence-electron chi connectivity index (χ2n) is 3.78. The van der Waals surface area contributed by atoms with Crippen LogP contribution in [0.2, 0.25) is 0 Å². The van der Waals surface area contributed by atoms with Crippen LogP contribution in [-0.2, 0) is 9.53 Å². The molecule has 0 fully saturated rings. The van der Waals surface area contributed by atoms with Gasteiger partial charge < -0.3 is 4.74 Å². The van der Waals surface area contributed by atoms with Gasteiger partial charge in [-0.25, -0.2) is 9.97 Å². The number of aryl methyl sites for hydroxylation is 1. The van der Waals surface area contributed by atoms with Gasteiger partial charge in [-0.3, -0.25) is 4.79 Å². The first-order valence-electron chi connectivity index (χ1n) is 5.63. The number of hydrogen-bond acceptors (Lipinski definition) is 5. The largest absolute Gasteiger partial charge is 0.469 e. The predicted octanol–water partition coefficient (Wildman–Crippen LogP) is 2.59. The van der Waals surface area contributed by atoms with E-state index in [0.29, 0.717) is 12.2 Å². The van der Waals surface area contributed by atoms with Gasteiger partial charge in [0.15, 0.2) is 0 Å². The standard InChI is InChI=1S/C13H14N2O2S/c1-9-13(18-8-7-12(16)17-2)15-11-6-4-3-5-10(11)14-9/h3-6H,7-8H2,1-2H3. The van der Waals surface area contributed by atoms with Gasteiger partial charge in [0, 0.05) is 5.75 Å². The van der Waals surface area contributed by atoms with Crippen LogP contribution in [0.5, 0.6) is 0 Å². The van der Waals surface area contributed by atoms with E-state index < -0.39 is 0 Å². The fourth-order valence-corrected chi connectivity index (χ4v) is 2.42. The molecule has 1 aromatic carbocycles. The van der Waals surface area contributed by atoms with E-state index in [2.05, 4.69) is 14.7 Å². The van der Waals surface area contributed by atoms with Gasteiger partial charge in [-0.15, -0.1) is 11.8 Å². The van der Waals surface area contributed by atoms with E-state index in [1.54, 1.807) is 0 Å². The maximum absolute atomic E-state index is 11.0. The predicted molar refractivity (Wildman–Crippen MR) is 71.6 cm³/mol. The summed E-state index contributed by atoms with van der Waals surface area (Å²) in [4.78, 5) is 20.1. The molecule has 0 N–H and O–H groups in total. The zero-order valence-electron chi connectivity index (χ0n) is 10.3. The molecular formula is C13H14N2O2S. The molecule has 0 radical (unpaired) electrons. The highest BCUT2D eigenvalue weighted by Crippen LogP contribution is 2.22. The number of ether oxygens (including phenoxy) is 1. The molecule has 0 aliphatic carbocycles. The zero-order valence-corrected chi connectivity index (χ0v) is 11.2. The van der Waals surface area contributed by atoms with Crippen molar-refractivity contribution in [2.24, 2.45) is 0 Å². The van der Waals surface area contributed by atoms with Crippen LogP contribution in [0.15, 0.2) is 29.3 Å². The van der Waals surface area contributed by atoms with Crippen LogP contribution in [0.25, 0.3) is 11.0 Å². The number of carbonyl (C=O) groups is 1. The lowest BCUT2D eigenvalue weighted by Gasteiger charge is -2.05. The summed E-state index contributed by atoms with van der Waals surface area (Å²) in [5.41, 5.74) is 2.67. The van der Waals surface area contributed by atoms with Crippen LogP contribution in [0.3, 0.4) is 0 Å². The van der Waals surface area contributed by atoms with Crippen LogP contribution in [0.1, 0.15) is 12.1 Å². The molecule has 0 bridgehead atoms. The molecule has 94 valence electrons. The molecule has 2 rings (SSSR count). The number of thioether (sulfide) groups is 1. The average molecular weight is 262 g/mol. The van der Waals surface area contributed by atoms with Gasteiger partial charge >= 0.3 is 5.97 Å². The Morgan fingerprint density at radius 3 is 2.61 bits per heavy atom. The third kappa shape index (κ3) is 2.98. The van der Waals surface area contributed by atoms with Crippen molar-refractivity contribution in [1.29, 1.82) is 0 Å². The van der Waals surface area contributed by atoms with E-state index in [-0.39, 0.29) is 5.97 Å². The van der Waals surface area contributed by atoms with Crippen LogP contribution in [-0.4, -0.2) is 28.8 Å². The highest BCUT2D eigenvalue weighted by molar-refractivity contribution is 7.99. The maximum Gasteiger partial charge on any atom is 0.306 e. The number of esters is 1. The van der Waals surface area contributed by atoms with Crippen molar-refractivity contribution in [2.75, 3.05) is 12.9 Å². The Morgan fingerprint density at radius 2 is 1.94 bits per heavy atom. The molecule has 1 aromatic heterocycles. The summed E-state index contributed by atoms with van der Waals surface area (Å²) in [5.74, 6) is 0.453. The second kappa shape index (κ2) is 5.82. The average Bonchev–Trinajstić information content (AvgIpc) is 2.39. The Balaban J connectivity index is 2.13. The summed E-state index contributed by atoms with van der Waals surface area (Å²) in [5, 5.41) is 0.873. The molecule has 0 aliphatic rings. The summed E-state index contributed by atoms with van der Waals surface area (Å²) >= 11 is 1.53. The van der Waals surface area contributed by atoms with E-state index in [4.69, 9.17) is 0 Å². The third-order valence-electron chi connectivity index (χ3n) is 2.47. The summed E-state index contributed by atoms with van der Waals surface area (Å²) in [7, 11) is 1.40. The van der Waals surface area contributed by atoms with E-state index >= 15 is 0 Å². The first kappa shape index (κ1) is 12.8. The van der Waals surface area contributed by atoms with E-state index in [9.17, 15) is 4.79 Å². The molecule has 0 atom stereocenters. The summed E-state index contributed by atoms with van der Waals surface area (Å²) in [6, 6.07) is 7.76. The van der Waals surface area contributed by atoms with Crippen molar-refractivity contribution in [3.05, 3.63) is 30.0 Å². The summed E-state index contributed by atoms with van der Waals surface area (Å²) in [6.45, 7) is 1.93. The minimum Gasteiger partial charge on any atom is -0.469 e. The smallest absolute Gasteiger partial charge is 0.306 e. The van der Waals surface area contributed by atoms with Crippen molar-refractivity contribution in [2.45, 2.75) is 18.4 Å². The van der Waals surface area contributed by atoms with Crippen LogP contribution in [0, 0.1) is 6.92 Å². The second-order valence-corrected chi connectivity index (χ2v) is 4.86. The summed E-state index contributed by atoms with van der Waals surface area (Å²) in [6.07, 6.45) is 0.384. The molecule has 0 spiro atoms. The maximum atomic E-state index is 11.0. The minimum absolute atomic E-state index is 0.200. The molecule has 1 heterocycles. The lowest BCUT2D eigenvalue weighted by atomic mass is 10.3. The van der Waals surface area contributed by atoms with E-state index in [1.807, 2.05) is 31.2 Å². The number of para-hydroxylation sites is 2. The number of rotatable bonds is 4. The Labute approximate surface area is 110 Å². The van der Waals surface area contributed by atoms with Crippen molar-refractivity contribution in [3.63, 3.8) is 0 Å². The number of hydrogen-bond donors (Lipinski definition) is 0. The van der Waals surface area contributed by atoms with Crippen molar-refractivity contribution >= 4 is 28.8 Å². The fraction of sp³-hybridized carbons (Fsp3) is 0.308. The normalized spacial score (nSPS) is 10.6. The SMILES string of the molecule is COC(=O)CCSc1nc2ccccc2nc1C. The molecule has 0 saturated heterocycles. The molecule has 0 unspecified atom stereocenters. The monoisotopic (exact) mass is 262 g/mol. The minimum atomic E-state index is -0.200. The van der Waals surface area contributed by atoms with Gasteiger partial charge in [0.05, 0.1) is 30.3 Å². The quantitative estimate of drug-likeness (QED) is 0.626. The Morgan fingerprint density at radius 1 is 1.28 bits per heavy atom. The first-order valence-corrected chi connectivity index (χ1v) is 6.62. The zero-order chi connectivity index (χ0) is 13.0. The van der Waals surface area contributed by atoms with Gasteiger partial charge in [0.25, 0.3) is 0 Å². The Hall–Kier alpha value is -1.62. The number of benzene rings is 1. The van der Waals surface area contributed by atoms with Crippen LogP contribution in [0.4, 0.5) is 0 Å². The van der Waals surface area contributed by atoms with Crippen LogP contribution < -0.4 is 0 Å². The Bertz CT molecular complexity index is 572. The number of methoxy groups -OCH3 is 1. The molecule has 18 heavy (non-hydrogen) atoms. The third-order valence-corrected chi connectivity index (χ3v) is 3.54. The number of fused-ring (bicyclic) bond motifs is 1. The first-order chi connectivity index (χ1) is 8.70. The molecular weight excluding hydrogens is 248 g/mol. The van der Waals surface area contributed by atoms with Crippen molar-refractivity contribution in [1.82, 2.24) is 9.97 Å². The highest BCUT2D eigenvalue weighted by Gasteiger charge is 2.07. The molecule has 0 aliphatic heterocycles. The van der Waals surface area contributed by atoms with Gasteiger partial charge in [-0.1, -0.05) is 12.1 Å². The molecule has 5 heteroatoms. The van der Waals surface area contributed by atoms with Gasteiger partial charge in [0.2, 0.25) is 0 Å². The van der Waals surface area contributed by atoms with Gasteiger partial charge in [0.1, 0.15) is 5.03 Å². The van der Waals surface area contributed by atoms with E-state index in [0.717, 1.165) is 21.8 Å². The lowest BCUT2D eigenvalue weighted by molar-refractivity contribution is -0.140. The molecule has 0 amide bonds. The fourth-order valence-electron chi connectivity index (χ4n) is 1.54. The lowest BCUT2D eigenvalue weighted by Crippen LogP contribution is -2.02. The van der Waals surface area contributed by atoms with Gasteiger partial charge in [-0.05, 0) is 19.1 Å². The number of carbonyl (C=O) groups excluding carboxylic acids is 1. The van der Waals surface area contributed by atoms with Crippen molar-refractivity contribution < 1.29 is 9.53 Å². The molecule has 4 nitrogen and oxygen atoms in total. The Kier molecular flexibility index (Phi) is 4.15. The van der Waals surface area contributed by atoms with Crippen LogP contribution >= 0.6 is 11.8 Å². The topological polar surface area (TPSA) is 52.1 Å². The number of aromatic nitrogens is 2.